The Morgan fingerprint density at radius 1 is 0.909 bits per heavy atom. The normalized spacial score (nSPS) is 10.8. The van der Waals surface area contributed by atoms with Crippen molar-refractivity contribution in [3.05, 3.63) is 101 Å². The summed E-state index contributed by atoms with van der Waals surface area (Å²) in [5.74, 6) is -0.784. The molecule has 0 saturated heterocycles. The van der Waals surface area contributed by atoms with Crippen LogP contribution in [0.1, 0.15) is 27.0 Å². The van der Waals surface area contributed by atoms with Gasteiger partial charge < -0.3 is 15.1 Å². The SMILES string of the molecule is Cc1ccc(CN(C(=O)c2cccc(F)c2)c2ccc(CC(=O)NCCN(C)C)cc2)cc1. The van der Waals surface area contributed by atoms with Gasteiger partial charge in [0, 0.05) is 24.3 Å². The average molecular weight is 448 g/mol. The van der Waals surface area contributed by atoms with Crippen molar-refractivity contribution < 1.29 is 14.0 Å². The average Bonchev–Trinajstić information content (AvgIpc) is 2.79. The second-order valence-corrected chi connectivity index (χ2v) is 8.38. The molecule has 33 heavy (non-hydrogen) atoms. The highest BCUT2D eigenvalue weighted by Gasteiger charge is 2.19. The van der Waals surface area contributed by atoms with E-state index < -0.39 is 5.82 Å². The number of amides is 2. The number of rotatable bonds is 9. The second kappa shape index (κ2) is 11.4. The Labute approximate surface area is 194 Å². The predicted molar refractivity (Wildman–Crippen MR) is 130 cm³/mol. The molecule has 3 aromatic carbocycles. The Balaban J connectivity index is 1.78. The highest BCUT2D eigenvalue weighted by Crippen LogP contribution is 2.22. The van der Waals surface area contributed by atoms with Gasteiger partial charge in [-0.2, -0.15) is 0 Å². The summed E-state index contributed by atoms with van der Waals surface area (Å²) in [4.78, 5) is 29.1. The van der Waals surface area contributed by atoms with Gasteiger partial charge in [-0.05, 0) is 62.5 Å². The lowest BCUT2D eigenvalue weighted by Crippen LogP contribution is -2.32. The number of likely N-dealkylation sites (N-methyl/N-ethyl adjacent to an activating group) is 1. The van der Waals surface area contributed by atoms with Crippen molar-refractivity contribution in [1.82, 2.24) is 10.2 Å². The monoisotopic (exact) mass is 447 g/mol. The molecule has 0 spiro atoms. The van der Waals surface area contributed by atoms with Gasteiger partial charge in [-0.25, -0.2) is 4.39 Å². The van der Waals surface area contributed by atoms with Crippen LogP contribution in [0.25, 0.3) is 0 Å². The first-order valence-electron chi connectivity index (χ1n) is 10.9. The number of benzene rings is 3. The van der Waals surface area contributed by atoms with Crippen molar-refractivity contribution in [2.75, 3.05) is 32.1 Å². The van der Waals surface area contributed by atoms with E-state index in [-0.39, 0.29) is 23.8 Å². The van der Waals surface area contributed by atoms with E-state index in [0.29, 0.717) is 18.8 Å². The fourth-order valence-electron chi connectivity index (χ4n) is 3.39. The number of carbonyl (C=O) groups is 2. The molecule has 0 saturated carbocycles. The highest BCUT2D eigenvalue weighted by molar-refractivity contribution is 6.06. The molecule has 0 heterocycles. The van der Waals surface area contributed by atoms with Crippen LogP contribution in [0, 0.1) is 12.7 Å². The first-order valence-corrected chi connectivity index (χ1v) is 10.9. The van der Waals surface area contributed by atoms with Gasteiger partial charge in [-0.15, -0.1) is 0 Å². The molecule has 3 aromatic rings. The summed E-state index contributed by atoms with van der Waals surface area (Å²) >= 11 is 0. The Kier molecular flexibility index (Phi) is 8.33. The largest absolute Gasteiger partial charge is 0.355 e. The van der Waals surface area contributed by atoms with Crippen molar-refractivity contribution >= 4 is 17.5 Å². The number of nitrogens with one attached hydrogen (secondary N) is 1. The first kappa shape index (κ1) is 24.1. The summed E-state index contributed by atoms with van der Waals surface area (Å²) in [7, 11) is 3.91. The molecule has 0 fully saturated rings. The molecule has 0 bridgehead atoms. The molecule has 0 radical (unpaired) electrons. The van der Waals surface area contributed by atoms with Crippen molar-refractivity contribution in [3.8, 4) is 0 Å². The van der Waals surface area contributed by atoms with Crippen LogP contribution < -0.4 is 10.2 Å². The fourth-order valence-corrected chi connectivity index (χ4v) is 3.39. The molecule has 0 aliphatic rings. The number of nitrogens with zero attached hydrogens (tertiary/aromatic N) is 2. The van der Waals surface area contributed by atoms with Crippen LogP contribution in [0.2, 0.25) is 0 Å². The maximum atomic E-state index is 13.8. The van der Waals surface area contributed by atoms with Gasteiger partial charge in [0.2, 0.25) is 5.91 Å². The summed E-state index contributed by atoms with van der Waals surface area (Å²) in [5, 5.41) is 2.90. The third kappa shape index (κ3) is 7.26. The van der Waals surface area contributed by atoms with Gasteiger partial charge in [-0.3, -0.25) is 9.59 Å². The number of anilines is 1. The molecule has 0 aliphatic heterocycles. The molecular weight excluding hydrogens is 417 g/mol. The lowest BCUT2D eigenvalue weighted by atomic mass is 10.1. The van der Waals surface area contributed by atoms with E-state index in [9.17, 15) is 14.0 Å². The number of aryl methyl sites for hydroxylation is 1. The Bertz CT molecular complexity index is 1080. The minimum absolute atomic E-state index is 0.0445. The number of hydrogen-bond donors (Lipinski definition) is 1. The van der Waals surface area contributed by atoms with Crippen molar-refractivity contribution in [2.24, 2.45) is 0 Å². The van der Waals surface area contributed by atoms with E-state index in [1.54, 1.807) is 11.0 Å². The quantitative estimate of drug-likeness (QED) is 0.535. The van der Waals surface area contributed by atoms with Crippen molar-refractivity contribution in [3.63, 3.8) is 0 Å². The number of halogens is 1. The standard InChI is InChI=1S/C27H30FN3O2/c1-20-7-9-22(10-8-20)19-31(27(33)23-5-4-6-24(28)18-23)25-13-11-21(12-14-25)17-26(32)29-15-16-30(2)3/h4-14,18H,15-17,19H2,1-3H3,(H,29,32). The van der Waals surface area contributed by atoms with Crippen molar-refractivity contribution in [1.29, 1.82) is 0 Å². The van der Waals surface area contributed by atoms with Gasteiger partial charge in [0.05, 0.1) is 13.0 Å². The van der Waals surface area contributed by atoms with Gasteiger partial charge >= 0.3 is 0 Å². The van der Waals surface area contributed by atoms with E-state index in [1.165, 1.54) is 18.2 Å². The van der Waals surface area contributed by atoms with E-state index in [0.717, 1.165) is 23.2 Å². The second-order valence-electron chi connectivity index (χ2n) is 8.38. The summed E-state index contributed by atoms with van der Waals surface area (Å²) in [6.07, 6.45) is 0.267. The van der Waals surface area contributed by atoms with Crippen LogP contribution >= 0.6 is 0 Å². The van der Waals surface area contributed by atoms with Gasteiger partial charge in [0.15, 0.2) is 0 Å². The summed E-state index contributed by atoms with van der Waals surface area (Å²) in [6.45, 7) is 3.73. The minimum atomic E-state index is -0.452. The molecule has 2 amide bonds. The number of hydrogen-bond acceptors (Lipinski definition) is 3. The summed E-state index contributed by atoms with van der Waals surface area (Å²) < 4.78 is 13.8. The molecule has 0 aromatic heterocycles. The smallest absolute Gasteiger partial charge is 0.258 e. The van der Waals surface area contributed by atoms with Crippen LogP contribution in [-0.4, -0.2) is 43.9 Å². The number of carbonyl (C=O) groups excluding carboxylic acids is 2. The van der Waals surface area contributed by atoms with Crippen LogP contribution in [-0.2, 0) is 17.8 Å². The summed E-state index contributed by atoms with van der Waals surface area (Å²) in [6, 6.07) is 21.0. The topological polar surface area (TPSA) is 52.7 Å². The zero-order valence-electron chi connectivity index (χ0n) is 19.3. The molecule has 3 rings (SSSR count). The van der Waals surface area contributed by atoms with Crippen LogP contribution in [0.4, 0.5) is 10.1 Å². The van der Waals surface area contributed by atoms with Gasteiger partial charge in [0.25, 0.3) is 5.91 Å². The summed E-state index contributed by atoms with van der Waals surface area (Å²) in [5.41, 5.74) is 3.92. The molecule has 0 aliphatic carbocycles. The van der Waals surface area contributed by atoms with E-state index in [2.05, 4.69) is 5.32 Å². The molecular formula is C27H30FN3O2. The lowest BCUT2D eigenvalue weighted by molar-refractivity contribution is -0.120. The maximum Gasteiger partial charge on any atom is 0.258 e. The van der Waals surface area contributed by atoms with E-state index in [1.807, 2.05) is 74.4 Å². The van der Waals surface area contributed by atoms with Crippen LogP contribution in [0.15, 0.2) is 72.8 Å². The third-order valence-electron chi connectivity index (χ3n) is 5.27. The highest BCUT2D eigenvalue weighted by atomic mass is 19.1. The first-order chi connectivity index (χ1) is 15.8. The molecule has 6 heteroatoms. The van der Waals surface area contributed by atoms with Gasteiger partial charge in [0.1, 0.15) is 5.82 Å². The Morgan fingerprint density at radius 3 is 2.21 bits per heavy atom. The molecule has 5 nitrogen and oxygen atoms in total. The van der Waals surface area contributed by atoms with E-state index in [4.69, 9.17) is 0 Å². The van der Waals surface area contributed by atoms with Crippen LogP contribution in [0.5, 0.6) is 0 Å². The Hall–Kier alpha value is -3.51. The maximum absolute atomic E-state index is 13.8. The third-order valence-corrected chi connectivity index (χ3v) is 5.27. The zero-order valence-corrected chi connectivity index (χ0v) is 19.3. The molecule has 0 atom stereocenters. The molecule has 1 N–H and O–H groups in total. The fraction of sp³-hybridized carbons (Fsp3) is 0.259. The van der Waals surface area contributed by atoms with Crippen molar-refractivity contribution in [2.45, 2.75) is 19.9 Å². The predicted octanol–water partition coefficient (Wildman–Crippen LogP) is 4.20. The van der Waals surface area contributed by atoms with Crippen LogP contribution in [0.3, 0.4) is 0 Å². The Morgan fingerprint density at radius 2 is 1.58 bits per heavy atom. The van der Waals surface area contributed by atoms with Gasteiger partial charge in [-0.1, -0.05) is 48.0 Å². The zero-order chi connectivity index (χ0) is 23.8. The minimum Gasteiger partial charge on any atom is -0.355 e. The van der Waals surface area contributed by atoms with E-state index >= 15 is 0 Å². The molecule has 0 unspecified atom stereocenters. The lowest BCUT2D eigenvalue weighted by Gasteiger charge is -2.24. The molecule has 172 valence electrons.